The Kier molecular flexibility index (Phi) is 7.80. The molecular formula is C29H30O8. The van der Waals surface area contributed by atoms with Gasteiger partial charge in [-0.2, -0.15) is 0 Å². The van der Waals surface area contributed by atoms with Crippen LogP contribution < -0.4 is 0 Å². The Hall–Kier alpha value is -3.56. The van der Waals surface area contributed by atoms with E-state index in [0.717, 1.165) is 7.11 Å². The minimum atomic E-state index is -2.26. The SMILES string of the molecule is [2H]C(O[C@H]1[C@H](OC([2H])c2ccccc2)[C@@H](OC(=O)c2ccccc2)C(C)(O)O[C@@H]1C(=O)OC)c1ccccc1. The quantitative estimate of drug-likeness (QED) is 0.437. The van der Waals surface area contributed by atoms with Crippen LogP contribution in [0.5, 0.6) is 0 Å². The van der Waals surface area contributed by atoms with Gasteiger partial charge in [-0.1, -0.05) is 78.9 Å². The predicted octanol–water partition coefficient (Wildman–Crippen LogP) is 3.66. The highest BCUT2D eigenvalue weighted by atomic mass is 16.7. The topological polar surface area (TPSA) is 101 Å². The second kappa shape index (κ2) is 12.1. The van der Waals surface area contributed by atoms with E-state index in [0.29, 0.717) is 11.1 Å². The third kappa shape index (κ3) is 6.61. The minimum Gasteiger partial charge on any atom is -0.467 e. The summed E-state index contributed by atoms with van der Waals surface area (Å²) >= 11 is 0. The van der Waals surface area contributed by atoms with E-state index < -0.39 is 55.3 Å². The van der Waals surface area contributed by atoms with Crippen LogP contribution in [0.25, 0.3) is 0 Å². The van der Waals surface area contributed by atoms with Gasteiger partial charge < -0.3 is 28.8 Å². The molecule has 1 aliphatic heterocycles. The van der Waals surface area contributed by atoms with Gasteiger partial charge in [0.2, 0.25) is 5.79 Å². The Balaban J connectivity index is 1.74. The summed E-state index contributed by atoms with van der Waals surface area (Å²) in [4.78, 5) is 25.9. The largest absolute Gasteiger partial charge is 0.467 e. The summed E-state index contributed by atoms with van der Waals surface area (Å²) in [6.45, 7) is -1.42. The maximum Gasteiger partial charge on any atom is 0.338 e. The number of aliphatic hydroxyl groups is 1. The molecule has 0 aliphatic carbocycles. The molecule has 8 nitrogen and oxygen atoms in total. The van der Waals surface area contributed by atoms with Crippen LogP contribution in [0, 0.1) is 0 Å². The molecule has 3 aromatic carbocycles. The van der Waals surface area contributed by atoms with Gasteiger partial charge in [-0.05, 0) is 30.2 Å². The Morgan fingerprint density at radius 2 is 1.35 bits per heavy atom. The first-order valence-corrected chi connectivity index (χ1v) is 11.7. The maximum absolute atomic E-state index is 13.1. The van der Waals surface area contributed by atoms with Crippen LogP contribution in [-0.4, -0.2) is 54.4 Å². The highest BCUT2D eigenvalue weighted by Gasteiger charge is 2.57. The Bertz CT molecular complexity index is 1230. The lowest BCUT2D eigenvalue weighted by molar-refractivity contribution is -0.344. The van der Waals surface area contributed by atoms with E-state index in [1.165, 1.54) is 19.1 Å². The standard InChI is InChI=1S/C29H30O8/c1-29(32)26(36-27(30)22-16-10-5-11-17-22)24(35-19-21-14-8-4-9-15-21)23(25(37-29)28(31)33-2)34-18-20-12-6-3-7-13-20/h3-17,23-26,32H,18-19H2,1-2H3/t23-,24-,25-,26+,29?/m0/s1/i18D,19D/t18?,19?,23-,24-,25-,26+,29?. The van der Waals surface area contributed by atoms with Crippen molar-refractivity contribution in [3.63, 3.8) is 0 Å². The zero-order chi connectivity index (χ0) is 28.0. The molecule has 0 saturated carbocycles. The second-order valence-corrected chi connectivity index (χ2v) is 8.57. The smallest absolute Gasteiger partial charge is 0.338 e. The average molecular weight is 509 g/mol. The van der Waals surface area contributed by atoms with E-state index in [2.05, 4.69) is 0 Å². The summed E-state index contributed by atoms with van der Waals surface area (Å²) in [6.07, 6.45) is -5.97. The number of ether oxygens (including phenoxy) is 5. The normalized spacial score (nSPS) is 27.8. The van der Waals surface area contributed by atoms with Crippen molar-refractivity contribution in [3.05, 3.63) is 108 Å². The lowest BCUT2D eigenvalue weighted by atomic mass is 9.92. The molecule has 1 saturated heterocycles. The molecule has 3 aromatic rings. The monoisotopic (exact) mass is 508 g/mol. The molecular weight excluding hydrogens is 476 g/mol. The summed E-state index contributed by atoms with van der Waals surface area (Å²) < 4.78 is 45.7. The van der Waals surface area contributed by atoms with Crippen molar-refractivity contribution in [3.8, 4) is 0 Å². The molecule has 0 radical (unpaired) electrons. The van der Waals surface area contributed by atoms with Gasteiger partial charge in [0.15, 0.2) is 12.2 Å². The number of esters is 2. The molecule has 1 aliphatic rings. The minimum absolute atomic E-state index is 0.202. The second-order valence-electron chi connectivity index (χ2n) is 8.57. The first-order chi connectivity index (χ1) is 18.7. The molecule has 1 heterocycles. The fourth-order valence-electron chi connectivity index (χ4n) is 3.95. The molecule has 0 aromatic heterocycles. The van der Waals surface area contributed by atoms with Crippen molar-refractivity contribution < 1.29 is 41.1 Å². The van der Waals surface area contributed by atoms with Crippen LogP contribution in [0.1, 0.15) is 31.2 Å². The van der Waals surface area contributed by atoms with Gasteiger partial charge in [-0.3, -0.25) is 0 Å². The van der Waals surface area contributed by atoms with Gasteiger partial charge in [0.1, 0.15) is 12.2 Å². The van der Waals surface area contributed by atoms with Crippen molar-refractivity contribution in [2.45, 2.75) is 50.3 Å². The lowest BCUT2D eigenvalue weighted by Crippen LogP contribution is -2.67. The fourth-order valence-corrected chi connectivity index (χ4v) is 3.95. The van der Waals surface area contributed by atoms with Gasteiger partial charge >= 0.3 is 11.9 Å². The van der Waals surface area contributed by atoms with E-state index in [-0.39, 0.29) is 5.56 Å². The number of hydrogen-bond donors (Lipinski definition) is 1. The third-order valence-corrected chi connectivity index (χ3v) is 5.81. The van der Waals surface area contributed by atoms with Gasteiger partial charge in [0, 0.05) is 0 Å². The number of rotatable bonds is 9. The number of carbonyl (C=O) groups is 2. The van der Waals surface area contributed by atoms with E-state index >= 15 is 0 Å². The van der Waals surface area contributed by atoms with E-state index in [9.17, 15) is 14.7 Å². The third-order valence-electron chi connectivity index (χ3n) is 5.81. The van der Waals surface area contributed by atoms with E-state index in [1.54, 1.807) is 78.9 Å². The fraction of sp³-hybridized carbons (Fsp3) is 0.310. The summed E-state index contributed by atoms with van der Waals surface area (Å²) in [6, 6.07) is 25.3. The molecule has 37 heavy (non-hydrogen) atoms. The van der Waals surface area contributed by atoms with Crippen molar-refractivity contribution >= 4 is 11.9 Å². The molecule has 0 bridgehead atoms. The van der Waals surface area contributed by atoms with Crippen LogP contribution in [0.4, 0.5) is 0 Å². The molecule has 4 rings (SSSR count). The van der Waals surface area contributed by atoms with Crippen LogP contribution in [0.15, 0.2) is 91.0 Å². The number of methoxy groups -OCH3 is 1. The van der Waals surface area contributed by atoms with Crippen LogP contribution in [0.3, 0.4) is 0 Å². The molecule has 1 N–H and O–H groups in total. The molecule has 194 valence electrons. The Labute approximate surface area is 218 Å². The summed E-state index contributed by atoms with van der Waals surface area (Å²) in [5, 5.41) is 11.3. The predicted molar refractivity (Wildman–Crippen MR) is 133 cm³/mol. The molecule has 0 amide bonds. The average Bonchev–Trinajstić information content (AvgIpc) is 2.96. The zero-order valence-corrected chi connectivity index (χ0v) is 20.4. The molecule has 7 atom stereocenters. The summed E-state index contributed by atoms with van der Waals surface area (Å²) in [5.74, 6) is -3.95. The van der Waals surface area contributed by atoms with Crippen molar-refractivity contribution in [1.82, 2.24) is 0 Å². The highest BCUT2D eigenvalue weighted by molar-refractivity contribution is 5.89. The van der Waals surface area contributed by atoms with Gasteiger partial charge in [-0.15, -0.1) is 0 Å². The molecule has 1 fully saturated rings. The van der Waals surface area contributed by atoms with Crippen molar-refractivity contribution in [1.29, 1.82) is 0 Å². The van der Waals surface area contributed by atoms with E-state index in [4.69, 9.17) is 26.4 Å². The van der Waals surface area contributed by atoms with Gasteiger partial charge in [0.05, 0.1) is 28.6 Å². The zero-order valence-electron chi connectivity index (χ0n) is 22.4. The highest BCUT2D eigenvalue weighted by Crippen LogP contribution is 2.35. The van der Waals surface area contributed by atoms with Gasteiger partial charge in [0.25, 0.3) is 0 Å². The van der Waals surface area contributed by atoms with Crippen molar-refractivity contribution in [2.24, 2.45) is 0 Å². The molecule has 0 spiro atoms. The number of benzene rings is 3. The summed E-state index contributed by atoms with van der Waals surface area (Å²) in [5.41, 5.74) is 1.14. The van der Waals surface area contributed by atoms with Crippen LogP contribution >= 0.6 is 0 Å². The molecule has 3 unspecified atom stereocenters. The van der Waals surface area contributed by atoms with E-state index in [1.807, 2.05) is 0 Å². The first kappa shape index (κ1) is 23.8. The number of carbonyl (C=O) groups excluding carboxylic acids is 2. The van der Waals surface area contributed by atoms with Crippen LogP contribution in [0.2, 0.25) is 0 Å². The van der Waals surface area contributed by atoms with Gasteiger partial charge in [-0.25, -0.2) is 9.59 Å². The number of hydrogen-bond acceptors (Lipinski definition) is 8. The lowest BCUT2D eigenvalue weighted by Gasteiger charge is -2.47. The van der Waals surface area contributed by atoms with Crippen molar-refractivity contribution in [2.75, 3.05) is 7.11 Å². The summed E-state index contributed by atoms with van der Waals surface area (Å²) in [7, 11) is 1.14. The first-order valence-electron chi connectivity index (χ1n) is 12.9. The molecule has 8 heteroatoms. The Morgan fingerprint density at radius 1 is 0.865 bits per heavy atom. The Morgan fingerprint density at radius 3 is 1.86 bits per heavy atom. The van der Waals surface area contributed by atoms with Crippen LogP contribution in [-0.2, 0) is 41.6 Å². The maximum atomic E-state index is 13.1.